The van der Waals surface area contributed by atoms with E-state index in [-0.39, 0.29) is 6.03 Å². The van der Waals surface area contributed by atoms with E-state index in [1.54, 1.807) is 12.5 Å². The minimum absolute atomic E-state index is 0.151. The number of amides is 2. The number of urea groups is 1. The second-order valence-electron chi connectivity index (χ2n) is 5.73. The largest absolute Gasteiger partial charge is 0.338 e. The van der Waals surface area contributed by atoms with Gasteiger partial charge in [0, 0.05) is 31.2 Å². The molecule has 2 amide bonds. The van der Waals surface area contributed by atoms with E-state index in [1.807, 2.05) is 29.8 Å². The Morgan fingerprint density at radius 2 is 2.18 bits per heavy atom. The molecule has 22 heavy (non-hydrogen) atoms. The Morgan fingerprint density at radius 1 is 1.36 bits per heavy atom. The summed E-state index contributed by atoms with van der Waals surface area (Å²) in [5, 5.41) is 5.89. The molecule has 0 bridgehead atoms. The Kier molecular flexibility index (Phi) is 5.58. The third kappa shape index (κ3) is 4.35. The Labute approximate surface area is 131 Å². The number of para-hydroxylation sites is 1. The summed E-state index contributed by atoms with van der Waals surface area (Å²) in [5.74, 6) is 0.372. The summed E-state index contributed by atoms with van der Waals surface area (Å²) in [6, 6.07) is 5.95. The molecule has 0 saturated heterocycles. The van der Waals surface area contributed by atoms with Crippen LogP contribution < -0.4 is 10.6 Å². The molecule has 1 aromatic heterocycles. The Balaban J connectivity index is 1.84. The Hall–Kier alpha value is -2.30. The van der Waals surface area contributed by atoms with Gasteiger partial charge in [0.25, 0.3) is 0 Å². The van der Waals surface area contributed by atoms with Crippen molar-refractivity contribution in [3.63, 3.8) is 0 Å². The number of anilines is 1. The van der Waals surface area contributed by atoms with E-state index < -0.39 is 0 Å². The minimum Gasteiger partial charge on any atom is -0.338 e. The quantitative estimate of drug-likeness (QED) is 0.802. The highest BCUT2D eigenvalue weighted by Gasteiger charge is 2.11. The maximum Gasteiger partial charge on any atom is 0.319 e. The third-order valence-corrected chi connectivity index (χ3v) is 3.60. The second kappa shape index (κ2) is 7.64. The topological polar surface area (TPSA) is 59.0 Å². The summed E-state index contributed by atoms with van der Waals surface area (Å²) in [6.45, 7) is 7.75. The normalized spacial score (nSPS) is 10.7. The number of carbonyl (C=O) groups excluding carboxylic acids is 1. The summed E-state index contributed by atoms with van der Waals surface area (Å²) in [5.41, 5.74) is 3.16. The molecule has 1 heterocycles. The Bertz CT molecular complexity index is 605. The van der Waals surface area contributed by atoms with Crippen molar-refractivity contribution in [1.29, 1.82) is 0 Å². The van der Waals surface area contributed by atoms with Gasteiger partial charge in [0.2, 0.25) is 0 Å². The molecule has 0 fully saturated rings. The average molecular weight is 300 g/mol. The summed E-state index contributed by atoms with van der Waals surface area (Å²) in [7, 11) is 0. The van der Waals surface area contributed by atoms with Crippen molar-refractivity contribution in [2.45, 2.75) is 39.7 Å². The van der Waals surface area contributed by atoms with E-state index in [2.05, 4.69) is 35.5 Å². The fourth-order valence-corrected chi connectivity index (χ4v) is 2.38. The van der Waals surface area contributed by atoms with Gasteiger partial charge in [-0.15, -0.1) is 0 Å². The van der Waals surface area contributed by atoms with Gasteiger partial charge in [0.1, 0.15) is 0 Å². The van der Waals surface area contributed by atoms with Gasteiger partial charge in [0.15, 0.2) is 0 Å². The highest BCUT2D eigenvalue weighted by Crippen LogP contribution is 2.27. The first-order valence-corrected chi connectivity index (χ1v) is 7.68. The molecule has 0 aliphatic carbocycles. The van der Waals surface area contributed by atoms with E-state index in [9.17, 15) is 4.79 Å². The first-order chi connectivity index (χ1) is 10.6. The lowest BCUT2D eigenvalue weighted by Crippen LogP contribution is -2.30. The summed E-state index contributed by atoms with van der Waals surface area (Å²) >= 11 is 0. The predicted octanol–water partition coefficient (Wildman–Crippen LogP) is 3.53. The number of hydrogen-bond donors (Lipinski definition) is 2. The highest BCUT2D eigenvalue weighted by atomic mass is 16.2. The van der Waals surface area contributed by atoms with Crippen LogP contribution in [0.1, 0.15) is 37.3 Å². The van der Waals surface area contributed by atoms with Crippen molar-refractivity contribution in [3.8, 4) is 0 Å². The van der Waals surface area contributed by atoms with Crippen LogP contribution in [-0.2, 0) is 6.54 Å². The molecule has 0 radical (unpaired) electrons. The van der Waals surface area contributed by atoms with E-state index in [1.165, 1.54) is 0 Å². The van der Waals surface area contributed by atoms with Crippen molar-refractivity contribution in [3.05, 3.63) is 48.0 Å². The van der Waals surface area contributed by atoms with Crippen LogP contribution in [0.2, 0.25) is 0 Å². The van der Waals surface area contributed by atoms with Crippen LogP contribution in [-0.4, -0.2) is 22.1 Å². The van der Waals surface area contributed by atoms with Crippen LogP contribution >= 0.6 is 0 Å². The zero-order valence-corrected chi connectivity index (χ0v) is 13.5. The summed E-state index contributed by atoms with van der Waals surface area (Å²) in [4.78, 5) is 16.1. The lowest BCUT2D eigenvalue weighted by Gasteiger charge is -2.16. The number of rotatable bonds is 6. The number of aromatic nitrogens is 2. The molecule has 2 rings (SSSR count). The van der Waals surface area contributed by atoms with E-state index >= 15 is 0 Å². The van der Waals surface area contributed by atoms with Gasteiger partial charge < -0.3 is 15.2 Å². The lowest BCUT2D eigenvalue weighted by molar-refractivity contribution is 0.251. The lowest BCUT2D eigenvalue weighted by atomic mass is 9.98. The first-order valence-electron chi connectivity index (χ1n) is 7.68. The molecule has 118 valence electrons. The molecule has 0 aliphatic rings. The fraction of sp³-hybridized carbons (Fsp3) is 0.412. The molecular weight excluding hydrogens is 276 g/mol. The van der Waals surface area contributed by atoms with E-state index in [0.717, 1.165) is 29.8 Å². The van der Waals surface area contributed by atoms with E-state index in [0.29, 0.717) is 12.5 Å². The zero-order valence-electron chi connectivity index (χ0n) is 13.5. The van der Waals surface area contributed by atoms with Crippen molar-refractivity contribution < 1.29 is 4.79 Å². The molecular formula is C17H24N4O. The van der Waals surface area contributed by atoms with Crippen LogP contribution in [0, 0.1) is 6.92 Å². The van der Waals surface area contributed by atoms with Gasteiger partial charge in [-0.2, -0.15) is 0 Å². The van der Waals surface area contributed by atoms with Gasteiger partial charge in [0.05, 0.1) is 6.33 Å². The van der Waals surface area contributed by atoms with Gasteiger partial charge in [-0.25, -0.2) is 9.78 Å². The number of hydrogen-bond acceptors (Lipinski definition) is 2. The molecule has 2 aromatic rings. The molecule has 0 aliphatic heterocycles. The minimum atomic E-state index is -0.151. The van der Waals surface area contributed by atoms with Gasteiger partial charge in [-0.3, -0.25) is 0 Å². The number of nitrogens with zero attached hydrogens (tertiary/aromatic N) is 2. The molecule has 2 N–H and O–H groups in total. The average Bonchev–Trinajstić information content (AvgIpc) is 2.99. The van der Waals surface area contributed by atoms with Crippen LogP contribution in [0.25, 0.3) is 0 Å². The number of nitrogens with one attached hydrogen (secondary N) is 2. The smallest absolute Gasteiger partial charge is 0.319 e. The summed E-state index contributed by atoms with van der Waals surface area (Å²) < 4.78 is 2.00. The Morgan fingerprint density at radius 3 is 2.86 bits per heavy atom. The van der Waals surface area contributed by atoms with Crippen LogP contribution in [0.5, 0.6) is 0 Å². The standard InChI is InChI=1S/C17H24N4O/c1-13(2)15-7-4-6-14(3)16(15)20-17(22)19-8-5-10-21-11-9-18-12-21/h4,6-7,9,11-13H,5,8,10H2,1-3H3,(H2,19,20,22). The zero-order chi connectivity index (χ0) is 15.9. The predicted molar refractivity (Wildman–Crippen MR) is 89.1 cm³/mol. The van der Waals surface area contributed by atoms with Crippen LogP contribution in [0.4, 0.5) is 10.5 Å². The van der Waals surface area contributed by atoms with Crippen LogP contribution in [0.3, 0.4) is 0 Å². The maximum absolute atomic E-state index is 12.1. The van der Waals surface area contributed by atoms with Crippen molar-refractivity contribution >= 4 is 11.7 Å². The summed E-state index contributed by atoms with van der Waals surface area (Å²) in [6.07, 6.45) is 6.32. The van der Waals surface area contributed by atoms with Crippen molar-refractivity contribution in [2.75, 3.05) is 11.9 Å². The highest BCUT2D eigenvalue weighted by molar-refractivity contribution is 5.91. The maximum atomic E-state index is 12.1. The molecule has 5 heteroatoms. The molecule has 0 unspecified atom stereocenters. The van der Waals surface area contributed by atoms with Gasteiger partial charge in [-0.05, 0) is 30.4 Å². The molecule has 0 atom stereocenters. The first kappa shape index (κ1) is 16.1. The van der Waals surface area contributed by atoms with Gasteiger partial charge >= 0.3 is 6.03 Å². The number of benzene rings is 1. The van der Waals surface area contributed by atoms with Crippen LogP contribution in [0.15, 0.2) is 36.9 Å². The van der Waals surface area contributed by atoms with Crippen molar-refractivity contribution in [2.24, 2.45) is 0 Å². The number of aryl methyl sites for hydroxylation is 2. The molecule has 1 aromatic carbocycles. The van der Waals surface area contributed by atoms with E-state index in [4.69, 9.17) is 0 Å². The second-order valence-corrected chi connectivity index (χ2v) is 5.73. The third-order valence-electron chi connectivity index (χ3n) is 3.60. The SMILES string of the molecule is Cc1cccc(C(C)C)c1NC(=O)NCCCn1ccnc1. The fourth-order valence-electron chi connectivity index (χ4n) is 2.38. The number of imidazole rings is 1. The molecule has 0 spiro atoms. The molecule has 0 saturated carbocycles. The molecule has 5 nitrogen and oxygen atoms in total. The number of carbonyl (C=O) groups is 1. The van der Waals surface area contributed by atoms with Crippen molar-refractivity contribution in [1.82, 2.24) is 14.9 Å². The monoisotopic (exact) mass is 300 g/mol. The van der Waals surface area contributed by atoms with Gasteiger partial charge in [-0.1, -0.05) is 32.0 Å².